The topological polar surface area (TPSA) is 100 Å². The Balaban J connectivity index is 2.82. The molecule has 6 nitrogen and oxygen atoms in total. The molecule has 0 fully saturated rings. The van der Waals surface area contributed by atoms with Crippen molar-refractivity contribution in [1.29, 1.82) is 0 Å². The molecule has 2 rings (SSSR count). The molecule has 0 unspecified atom stereocenters. The highest BCUT2D eigenvalue weighted by Gasteiger charge is 2.23. The lowest BCUT2D eigenvalue weighted by atomic mass is 9.96. The highest BCUT2D eigenvalue weighted by molar-refractivity contribution is 6.02. The lowest BCUT2D eigenvalue weighted by Crippen LogP contribution is -2.26. The summed E-state index contributed by atoms with van der Waals surface area (Å²) in [5.41, 5.74) is 0.236. The normalized spacial score (nSPS) is 10.5. The number of nitrogens with zero attached hydrogens (tertiary/aromatic N) is 1. The summed E-state index contributed by atoms with van der Waals surface area (Å²) in [4.78, 5) is 35.5. The first-order chi connectivity index (χ1) is 10.5. The molecule has 1 heterocycles. The standard InChI is InChI=1S/C16H16N2O4/c1-3-9-7-5-6-8-10(9)13-12(11(19)4-2)15(20)14(16(21)22)18-17-13/h5-8H,3-4H2,1-2H3,(H,17,20)(H,21,22). The quantitative estimate of drug-likeness (QED) is 0.825. The molecule has 0 saturated carbocycles. The van der Waals surface area contributed by atoms with Gasteiger partial charge in [0.05, 0.1) is 11.3 Å². The van der Waals surface area contributed by atoms with Gasteiger partial charge in [-0.3, -0.25) is 14.7 Å². The van der Waals surface area contributed by atoms with Crippen molar-refractivity contribution < 1.29 is 14.7 Å². The van der Waals surface area contributed by atoms with Crippen molar-refractivity contribution in [3.63, 3.8) is 0 Å². The number of rotatable bonds is 5. The number of carbonyl (C=O) groups excluding carboxylic acids is 1. The monoisotopic (exact) mass is 300 g/mol. The van der Waals surface area contributed by atoms with Crippen LogP contribution in [0, 0.1) is 0 Å². The van der Waals surface area contributed by atoms with Gasteiger partial charge in [-0.05, 0) is 12.0 Å². The minimum absolute atomic E-state index is 0.105. The van der Waals surface area contributed by atoms with E-state index < -0.39 is 22.9 Å². The Hall–Kier alpha value is -2.76. The maximum atomic E-state index is 12.3. The van der Waals surface area contributed by atoms with Gasteiger partial charge in [-0.2, -0.15) is 5.10 Å². The van der Waals surface area contributed by atoms with Crippen LogP contribution in [0.2, 0.25) is 0 Å². The predicted octanol–water partition coefficient (Wildman–Crippen LogP) is 2.29. The highest BCUT2D eigenvalue weighted by Crippen LogP contribution is 2.24. The molecular formula is C16H16N2O4. The number of carbonyl (C=O) groups is 2. The van der Waals surface area contributed by atoms with Gasteiger partial charge in [0.15, 0.2) is 5.78 Å². The molecule has 0 spiro atoms. The molecule has 114 valence electrons. The fourth-order valence-electron chi connectivity index (χ4n) is 2.31. The first-order valence-corrected chi connectivity index (χ1v) is 6.98. The number of ketones is 1. The first-order valence-electron chi connectivity index (χ1n) is 6.98. The maximum absolute atomic E-state index is 12.3. The molecule has 1 aromatic heterocycles. The van der Waals surface area contributed by atoms with Crippen LogP contribution in [0.15, 0.2) is 29.1 Å². The van der Waals surface area contributed by atoms with Crippen LogP contribution in [-0.4, -0.2) is 27.1 Å². The van der Waals surface area contributed by atoms with E-state index in [1.165, 1.54) is 0 Å². The fraction of sp³-hybridized carbons (Fsp3) is 0.250. The van der Waals surface area contributed by atoms with Crippen molar-refractivity contribution in [3.8, 4) is 11.3 Å². The molecule has 0 aliphatic heterocycles. The predicted molar refractivity (Wildman–Crippen MR) is 81.3 cm³/mol. The van der Waals surface area contributed by atoms with Crippen LogP contribution in [0.25, 0.3) is 11.3 Å². The van der Waals surface area contributed by atoms with Gasteiger partial charge in [0.1, 0.15) is 0 Å². The van der Waals surface area contributed by atoms with E-state index in [1.807, 2.05) is 19.1 Å². The Morgan fingerprint density at radius 3 is 2.50 bits per heavy atom. The average Bonchev–Trinajstić information content (AvgIpc) is 2.53. The summed E-state index contributed by atoms with van der Waals surface area (Å²) in [7, 11) is 0. The molecule has 0 aliphatic rings. The SMILES string of the molecule is CCC(=O)c1c(-c2ccccc2CC)[nH]nc(C(=O)O)c1=O. The molecule has 2 aromatic rings. The van der Waals surface area contributed by atoms with Crippen LogP contribution < -0.4 is 5.43 Å². The molecule has 2 N–H and O–H groups in total. The Kier molecular flexibility index (Phi) is 4.50. The van der Waals surface area contributed by atoms with E-state index in [0.717, 1.165) is 5.56 Å². The van der Waals surface area contributed by atoms with Crippen molar-refractivity contribution in [3.05, 3.63) is 51.3 Å². The summed E-state index contributed by atoms with van der Waals surface area (Å²) in [6.07, 6.45) is 0.812. The largest absolute Gasteiger partial charge is 0.476 e. The number of carboxylic acid groups (broad SMARTS) is 1. The van der Waals surface area contributed by atoms with E-state index in [1.54, 1.807) is 19.1 Å². The number of H-pyrrole nitrogens is 1. The van der Waals surface area contributed by atoms with Gasteiger partial charge in [-0.25, -0.2) is 4.79 Å². The van der Waals surface area contributed by atoms with Crippen LogP contribution in [0.1, 0.15) is 46.7 Å². The summed E-state index contributed by atoms with van der Waals surface area (Å²) in [5, 5.41) is 15.2. The fourth-order valence-corrected chi connectivity index (χ4v) is 2.31. The number of aromatic amines is 1. The summed E-state index contributed by atoms with van der Waals surface area (Å²) in [6, 6.07) is 7.32. The van der Waals surface area contributed by atoms with Crippen molar-refractivity contribution in [1.82, 2.24) is 10.2 Å². The lowest BCUT2D eigenvalue weighted by Gasteiger charge is -2.11. The van der Waals surface area contributed by atoms with Crippen LogP contribution >= 0.6 is 0 Å². The van der Waals surface area contributed by atoms with Crippen LogP contribution in [0.3, 0.4) is 0 Å². The zero-order valence-corrected chi connectivity index (χ0v) is 12.3. The van der Waals surface area contributed by atoms with Crippen LogP contribution in [-0.2, 0) is 6.42 Å². The molecule has 0 atom stereocenters. The third-order valence-electron chi connectivity index (χ3n) is 3.44. The molecule has 0 bridgehead atoms. The van der Waals surface area contributed by atoms with Gasteiger partial charge in [-0.15, -0.1) is 0 Å². The smallest absolute Gasteiger partial charge is 0.360 e. The van der Waals surface area contributed by atoms with E-state index in [-0.39, 0.29) is 17.7 Å². The second-order valence-corrected chi connectivity index (χ2v) is 4.74. The van der Waals surface area contributed by atoms with Crippen molar-refractivity contribution in [2.75, 3.05) is 0 Å². The van der Waals surface area contributed by atoms with Crippen LogP contribution in [0.4, 0.5) is 0 Å². The van der Waals surface area contributed by atoms with Gasteiger partial charge in [-0.1, -0.05) is 38.1 Å². The van der Waals surface area contributed by atoms with E-state index in [9.17, 15) is 14.4 Å². The minimum Gasteiger partial charge on any atom is -0.476 e. The summed E-state index contributed by atoms with van der Waals surface area (Å²) in [5.74, 6) is -1.87. The Morgan fingerprint density at radius 2 is 1.91 bits per heavy atom. The molecule has 6 heteroatoms. The summed E-state index contributed by atoms with van der Waals surface area (Å²) >= 11 is 0. The molecule has 0 radical (unpaired) electrons. The Bertz CT molecular complexity index is 793. The van der Waals surface area contributed by atoms with E-state index in [2.05, 4.69) is 10.2 Å². The summed E-state index contributed by atoms with van der Waals surface area (Å²) in [6.45, 7) is 3.58. The van der Waals surface area contributed by atoms with Gasteiger partial charge < -0.3 is 5.11 Å². The number of hydrogen-bond donors (Lipinski definition) is 2. The van der Waals surface area contributed by atoms with Crippen LogP contribution in [0.5, 0.6) is 0 Å². The number of aromatic nitrogens is 2. The van der Waals surface area contributed by atoms with Crippen molar-refractivity contribution in [2.24, 2.45) is 0 Å². The second-order valence-electron chi connectivity index (χ2n) is 4.74. The maximum Gasteiger partial charge on any atom is 0.360 e. The van der Waals surface area contributed by atoms with E-state index >= 15 is 0 Å². The number of nitrogens with one attached hydrogen (secondary N) is 1. The average molecular weight is 300 g/mol. The molecule has 0 aliphatic carbocycles. The Morgan fingerprint density at radius 1 is 1.23 bits per heavy atom. The number of aryl methyl sites for hydroxylation is 1. The summed E-state index contributed by atoms with van der Waals surface area (Å²) < 4.78 is 0. The highest BCUT2D eigenvalue weighted by atomic mass is 16.4. The number of benzene rings is 1. The number of aromatic carboxylic acids is 1. The van der Waals surface area contributed by atoms with E-state index in [0.29, 0.717) is 12.0 Å². The third kappa shape index (κ3) is 2.67. The van der Waals surface area contributed by atoms with Gasteiger partial charge in [0.2, 0.25) is 11.1 Å². The lowest BCUT2D eigenvalue weighted by molar-refractivity contribution is 0.0687. The molecule has 22 heavy (non-hydrogen) atoms. The molecule has 0 amide bonds. The first kappa shape index (κ1) is 15.6. The number of hydrogen-bond acceptors (Lipinski definition) is 4. The zero-order valence-electron chi connectivity index (χ0n) is 12.3. The van der Waals surface area contributed by atoms with Crippen molar-refractivity contribution >= 4 is 11.8 Å². The van der Waals surface area contributed by atoms with Gasteiger partial charge >= 0.3 is 5.97 Å². The number of Topliss-reactive ketones (excluding diaryl/α,β-unsaturated/α-hetero) is 1. The van der Waals surface area contributed by atoms with Gasteiger partial charge in [0.25, 0.3) is 0 Å². The molecule has 1 aromatic carbocycles. The van der Waals surface area contributed by atoms with Gasteiger partial charge in [0, 0.05) is 12.0 Å². The van der Waals surface area contributed by atoms with E-state index in [4.69, 9.17) is 5.11 Å². The Labute approximate surface area is 126 Å². The second kappa shape index (κ2) is 6.34. The molecule has 0 saturated heterocycles. The number of carboxylic acids is 1. The minimum atomic E-state index is -1.46. The molecular weight excluding hydrogens is 284 g/mol. The third-order valence-corrected chi connectivity index (χ3v) is 3.44. The zero-order chi connectivity index (χ0) is 16.3. The van der Waals surface area contributed by atoms with Crippen molar-refractivity contribution in [2.45, 2.75) is 26.7 Å².